The van der Waals surface area contributed by atoms with Crippen LogP contribution in [0.1, 0.15) is 11.3 Å². The number of carbonyl (C=O) groups is 1. The highest BCUT2D eigenvalue weighted by atomic mass is 16.5. The Hall–Kier alpha value is -1.84. The SMILES string of the molecule is O=CC1=COC=Cc2cnoc21. The Labute approximate surface area is 68.1 Å². The van der Waals surface area contributed by atoms with Crippen molar-refractivity contribution in [2.24, 2.45) is 0 Å². The summed E-state index contributed by atoms with van der Waals surface area (Å²) in [5.74, 6) is 0.443. The molecule has 0 spiro atoms. The molecule has 0 saturated heterocycles. The van der Waals surface area contributed by atoms with Gasteiger partial charge in [-0.3, -0.25) is 4.79 Å². The molecule has 1 aromatic rings. The van der Waals surface area contributed by atoms with Gasteiger partial charge in [-0.25, -0.2) is 0 Å². The molecule has 0 atom stereocenters. The normalized spacial score (nSPS) is 14.2. The number of aromatic nitrogens is 1. The summed E-state index contributed by atoms with van der Waals surface area (Å²) in [4.78, 5) is 10.5. The smallest absolute Gasteiger partial charge is 0.180 e. The fraction of sp³-hybridized carbons (Fsp3) is 0. The molecule has 2 heterocycles. The first-order chi connectivity index (χ1) is 5.92. The lowest BCUT2D eigenvalue weighted by atomic mass is 10.1. The van der Waals surface area contributed by atoms with Crippen LogP contribution in [0.15, 0.2) is 23.2 Å². The molecule has 1 aromatic heterocycles. The molecule has 0 saturated carbocycles. The van der Waals surface area contributed by atoms with E-state index in [9.17, 15) is 4.79 Å². The minimum Gasteiger partial charge on any atom is -0.472 e. The molecule has 0 aliphatic carbocycles. The van der Waals surface area contributed by atoms with E-state index < -0.39 is 0 Å². The van der Waals surface area contributed by atoms with Gasteiger partial charge >= 0.3 is 0 Å². The van der Waals surface area contributed by atoms with Crippen LogP contribution in [-0.4, -0.2) is 11.4 Å². The zero-order valence-corrected chi connectivity index (χ0v) is 6.06. The van der Waals surface area contributed by atoms with E-state index in [1.54, 1.807) is 6.08 Å². The lowest BCUT2D eigenvalue weighted by Gasteiger charge is -1.90. The van der Waals surface area contributed by atoms with Crippen LogP contribution in [0.2, 0.25) is 0 Å². The highest BCUT2D eigenvalue weighted by Crippen LogP contribution is 2.21. The first-order valence-corrected chi connectivity index (χ1v) is 3.34. The summed E-state index contributed by atoms with van der Waals surface area (Å²) in [5.41, 5.74) is 1.10. The molecule has 0 N–H and O–H groups in total. The first-order valence-electron chi connectivity index (χ1n) is 3.34. The number of hydrogen-bond donors (Lipinski definition) is 0. The number of nitrogens with zero attached hydrogens (tertiary/aromatic N) is 1. The number of aldehydes is 1. The van der Waals surface area contributed by atoms with Crippen LogP contribution in [0, 0.1) is 0 Å². The van der Waals surface area contributed by atoms with Crippen molar-refractivity contribution < 1.29 is 14.1 Å². The standard InChI is InChI=1S/C8H5NO3/c10-4-7-5-11-2-1-6-3-9-12-8(6)7/h1-5H. The molecule has 2 rings (SSSR count). The lowest BCUT2D eigenvalue weighted by Crippen LogP contribution is -1.84. The van der Waals surface area contributed by atoms with Crippen molar-refractivity contribution in [1.29, 1.82) is 0 Å². The molecule has 1 aliphatic rings. The van der Waals surface area contributed by atoms with Gasteiger partial charge in [0, 0.05) is 5.56 Å². The summed E-state index contributed by atoms with van der Waals surface area (Å²) in [6, 6.07) is 0. The third-order valence-corrected chi connectivity index (χ3v) is 1.51. The van der Waals surface area contributed by atoms with Crippen molar-refractivity contribution in [1.82, 2.24) is 5.16 Å². The van der Waals surface area contributed by atoms with Crippen molar-refractivity contribution in [3.8, 4) is 0 Å². The van der Waals surface area contributed by atoms with Crippen LogP contribution >= 0.6 is 0 Å². The van der Waals surface area contributed by atoms with E-state index in [-0.39, 0.29) is 0 Å². The van der Waals surface area contributed by atoms with Crippen molar-refractivity contribution in [3.63, 3.8) is 0 Å². The number of fused-ring (bicyclic) bond motifs is 1. The Bertz CT molecular complexity index is 362. The quantitative estimate of drug-likeness (QED) is 0.584. The second-order valence-corrected chi connectivity index (χ2v) is 2.24. The van der Waals surface area contributed by atoms with Crippen LogP contribution in [0.3, 0.4) is 0 Å². The molecule has 0 aromatic carbocycles. The molecule has 0 bridgehead atoms. The van der Waals surface area contributed by atoms with E-state index in [0.29, 0.717) is 17.6 Å². The molecule has 0 amide bonds. The van der Waals surface area contributed by atoms with E-state index >= 15 is 0 Å². The number of hydrogen-bond acceptors (Lipinski definition) is 4. The van der Waals surface area contributed by atoms with Gasteiger partial charge in [0.25, 0.3) is 0 Å². The molecule has 4 nitrogen and oxygen atoms in total. The molecule has 0 fully saturated rings. The molecule has 1 aliphatic heterocycles. The van der Waals surface area contributed by atoms with E-state index in [2.05, 4.69) is 5.16 Å². The number of ether oxygens (including phenoxy) is 1. The van der Waals surface area contributed by atoms with E-state index in [1.165, 1.54) is 18.7 Å². The molecular formula is C8H5NO3. The Kier molecular flexibility index (Phi) is 1.51. The summed E-state index contributed by atoms with van der Waals surface area (Å²) >= 11 is 0. The minimum atomic E-state index is 0.354. The average Bonchev–Trinajstić information content (AvgIpc) is 2.46. The predicted octanol–water partition coefficient (Wildman–Crippen LogP) is 1.22. The molecule has 0 unspecified atom stereocenters. The van der Waals surface area contributed by atoms with Gasteiger partial charge < -0.3 is 9.26 Å². The second kappa shape index (κ2) is 2.65. The molecule has 60 valence electrons. The zero-order valence-electron chi connectivity index (χ0n) is 6.06. The number of allylic oxidation sites excluding steroid dienone is 1. The van der Waals surface area contributed by atoms with E-state index in [4.69, 9.17) is 9.26 Å². The van der Waals surface area contributed by atoms with Gasteiger partial charge in [0.15, 0.2) is 12.0 Å². The Morgan fingerprint density at radius 2 is 2.42 bits per heavy atom. The van der Waals surface area contributed by atoms with Gasteiger partial charge in [-0.2, -0.15) is 0 Å². The van der Waals surface area contributed by atoms with E-state index in [1.807, 2.05) is 0 Å². The number of rotatable bonds is 1. The molecule has 12 heavy (non-hydrogen) atoms. The maximum absolute atomic E-state index is 10.5. The second-order valence-electron chi connectivity index (χ2n) is 2.24. The van der Waals surface area contributed by atoms with Crippen LogP contribution < -0.4 is 0 Å². The topological polar surface area (TPSA) is 52.3 Å². The van der Waals surface area contributed by atoms with Crippen molar-refractivity contribution >= 4 is 17.9 Å². The fourth-order valence-electron chi connectivity index (χ4n) is 0.945. The maximum Gasteiger partial charge on any atom is 0.180 e. The van der Waals surface area contributed by atoms with Crippen LogP contribution in [0.25, 0.3) is 11.6 Å². The lowest BCUT2D eigenvalue weighted by molar-refractivity contribution is -0.103. The third kappa shape index (κ3) is 0.934. The summed E-state index contributed by atoms with van der Waals surface area (Å²) < 4.78 is 9.74. The van der Waals surface area contributed by atoms with Gasteiger partial charge in [-0.05, 0) is 6.08 Å². The predicted molar refractivity (Wildman–Crippen MR) is 40.7 cm³/mol. The van der Waals surface area contributed by atoms with E-state index in [0.717, 1.165) is 5.56 Å². The Balaban J connectivity index is 2.57. The Morgan fingerprint density at radius 3 is 3.25 bits per heavy atom. The zero-order chi connectivity index (χ0) is 8.39. The summed E-state index contributed by atoms with van der Waals surface area (Å²) in [5, 5.41) is 3.56. The summed E-state index contributed by atoms with van der Waals surface area (Å²) in [6.07, 6.45) is 6.65. The molecule has 4 heteroatoms. The van der Waals surface area contributed by atoms with Gasteiger partial charge in [0.2, 0.25) is 0 Å². The van der Waals surface area contributed by atoms with Crippen molar-refractivity contribution in [3.05, 3.63) is 30.0 Å². The average molecular weight is 163 g/mol. The largest absolute Gasteiger partial charge is 0.472 e. The highest BCUT2D eigenvalue weighted by molar-refractivity contribution is 6.06. The van der Waals surface area contributed by atoms with Crippen molar-refractivity contribution in [2.45, 2.75) is 0 Å². The van der Waals surface area contributed by atoms with Crippen LogP contribution in [0.5, 0.6) is 0 Å². The highest BCUT2D eigenvalue weighted by Gasteiger charge is 2.12. The monoisotopic (exact) mass is 163 g/mol. The minimum absolute atomic E-state index is 0.354. The number of carbonyl (C=O) groups excluding carboxylic acids is 1. The van der Waals surface area contributed by atoms with Crippen molar-refractivity contribution in [2.75, 3.05) is 0 Å². The maximum atomic E-state index is 10.5. The Morgan fingerprint density at radius 1 is 1.50 bits per heavy atom. The van der Waals surface area contributed by atoms with Gasteiger partial charge in [0.05, 0.1) is 18.0 Å². The van der Waals surface area contributed by atoms with Gasteiger partial charge in [-0.15, -0.1) is 0 Å². The van der Waals surface area contributed by atoms with Crippen LogP contribution in [0.4, 0.5) is 0 Å². The van der Waals surface area contributed by atoms with Crippen LogP contribution in [-0.2, 0) is 9.53 Å². The summed E-state index contributed by atoms with van der Waals surface area (Å²) in [6.45, 7) is 0. The van der Waals surface area contributed by atoms with Gasteiger partial charge in [0.1, 0.15) is 6.26 Å². The molecular weight excluding hydrogens is 158 g/mol. The molecule has 0 radical (unpaired) electrons. The first kappa shape index (κ1) is 6.84. The van der Waals surface area contributed by atoms with Gasteiger partial charge in [-0.1, -0.05) is 5.16 Å². The third-order valence-electron chi connectivity index (χ3n) is 1.51. The summed E-state index contributed by atoms with van der Waals surface area (Å²) in [7, 11) is 0. The fourth-order valence-corrected chi connectivity index (χ4v) is 0.945.